The Bertz CT molecular complexity index is 547. The van der Waals surface area contributed by atoms with E-state index >= 15 is 0 Å². The van der Waals surface area contributed by atoms with Crippen molar-refractivity contribution in [2.45, 2.75) is 141 Å². The summed E-state index contributed by atoms with van der Waals surface area (Å²) in [5.41, 5.74) is 0.660. The van der Waals surface area contributed by atoms with E-state index in [4.69, 9.17) is 0 Å². The van der Waals surface area contributed by atoms with E-state index in [0.717, 1.165) is 11.8 Å². The highest BCUT2D eigenvalue weighted by molar-refractivity contribution is 5.07. The lowest BCUT2D eigenvalue weighted by molar-refractivity contribution is 0.0995. The minimum atomic E-state index is 0.313. The summed E-state index contributed by atoms with van der Waals surface area (Å²) in [5.74, 6) is 1.56. The predicted molar refractivity (Wildman–Crippen MR) is 132 cm³/mol. The highest BCUT2D eigenvalue weighted by Crippen LogP contribution is 2.40. The first kappa shape index (κ1) is 24.1. The smallest absolute Gasteiger partial charge is 0.0241 e. The lowest BCUT2D eigenvalue weighted by Gasteiger charge is -2.49. The van der Waals surface area contributed by atoms with E-state index in [-0.39, 0.29) is 0 Å². The van der Waals surface area contributed by atoms with Crippen molar-refractivity contribution in [3.8, 4) is 0 Å². The largest absolute Gasteiger partial charge is 0.308 e. The molecule has 0 bridgehead atoms. The minimum Gasteiger partial charge on any atom is -0.308 e. The van der Waals surface area contributed by atoms with E-state index in [0.29, 0.717) is 23.2 Å². The molecule has 0 radical (unpaired) electrons. The molecule has 2 nitrogen and oxygen atoms in total. The number of rotatable bonds is 10. The minimum absolute atomic E-state index is 0.313. The lowest BCUT2D eigenvalue weighted by Crippen LogP contribution is -2.58. The van der Waals surface area contributed by atoms with Crippen LogP contribution < -0.4 is 10.6 Å². The van der Waals surface area contributed by atoms with Crippen molar-refractivity contribution in [1.82, 2.24) is 10.6 Å². The topological polar surface area (TPSA) is 24.1 Å². The molecular formula is C28H50N2. The van der Waals surface area contributed by atoms with Crippen LogP contribution in [0.5, 0.6) is 0 Å². The van der Waals surface area contributed by atoms with Gasteiger partial charge in [0.2, 0.25) is 0 Å². The van der Waals surface area contributed by atoms with Gasteiger partial charge in [0.25, 0.3) is 0 Å². The van der Waals surface area contributed by atoms with E-state index in [9.17, 15) is 0 Å². The Morgan fingerprint density at radius 1 is 0.667 bits per heavy atom. The van der Waals surface area contributed by atoms with Crippen LogP contribution in [0.25, 0.3) is 0 Å². The first-order valence-electron chi connectivity index (χ1n) is 13.5. The van der Waals surface area contributed by atoms with Gasteiger partial charge in [0.05, 0.1) is 0 Å². The second kappa shape index (κ2) is 11.3. The van der Waals surface area contributed by atoms with Gasteiger partial charge in [0.1, 0.15) is 0 Å². The van der Waals surface area contributed by atoms with E-state index in [1.807, 2.05) is 0 Å². The van der Waals surface area contributed by atoms with Crippen molar-refractivity contribution in [3.05, 3.63) is 24.3 Å². The molecule has 1 fully saturated rings. The van der Waals surface area contributed by atoms with Gasteiger partial charge in [-0.1, -0.05) is 52.0 Å². The normalized spacial score (nSPS) is 30.5. The van der Waals surface area contributed by atoms with Crippen LogP contribution in [0.4, 0.5) is 0 Å². The zero-order chi connectivity index (χ0) is 21.5. The van der Waals surface area contributed by atoms with Crippen LogP contribution in [0.3, 0.4) is 0 Å². The van der Waals surface area contributed by atoms with E-state index < -0.39 is 0 Å². The Morgan fingerprint density at radius 2 is 1.33 bits per heavy atom. The molecule has 0 aromatic carbocycles. The molecule has 2 N–H and O–H groups in total. The predicted octanol–water partition coefficient (Wildman–Crippen LogP) is 7.31. The van der Waals surface area contributed by atoms with Crippen molar-refractivity contribution in [2.24, 2.45) is 11.8 Å². The van der Waals surface area contributed by atoms with Gasteiger partial charge in [-0.3, -0.25) is 0 Å². The van der Waals surface area contributed by atoms with Crippen LogP contribution >= 0.6 is 0 Å². The summed E-state index contributed by atoms with van der Waals surface area (Å²) < 4.78 is 0. The molecule has 0 saturated heterocycles. The highest BCUT2D eigenvalue weighted by atomic mass is 15.0. The summed E-state index contributed by atoms with van der Waals surface area (Å²) in [6, 6.07) is 1.40. The lowest BCUT2D eigenvalue weighted by atomic mass is 9.69. The Morgan fingerprint density at radius 3 is 1.87 bits per heavy atom. The van der Waals surface area contributed by atoms with Crippen molar-refractivity contribution in [1.29, 1.82) is 0 Å². The quantitative estimate of drug-likeness (QED) is 0.366. The second-order valence-corrected chi connectivity index (χ2v) is 10.5. The average molecular weight is 415 g/mol. The van der Waals surface area contributed by atoms with Gasteiger partial charge in [-0.15, -0.1) is 0 Å². The van der Waals surface area contributed by atoms with Crippen molar-refractivity contribution >= 4 is 0 Å². The Balaban J connectivity index is 1.61. The van der Waals surface area contributed by atoms with E-state index in [1.54, 1.807) is 0 Å². The van der Waals surface area contributed by atoms with Crippen molar-refractivity contribution in [3.63, 3.8) is 0 Å². The molecule has 3 rings (SSSR count). The third kappa shape index (κ3) is 5.41. The molecule has 2 unspecified atom stereocenters. The van der Waals surface area contributed by atoms with Gasteiger partial charge < -0.3 is 10.6 Å². The maximum absolute atomic E-state index is 4.25. The summed E-state index contributed by atoms with van der Waals surface area (Å²) in [4.78, 5) is 0. The summed E-state index contributed by atoms with van der Waals surface area (Å²) >= 11 is 0. The molecule has 2 heteroatoms. The zero-order valence-corrected chi connectivity index (χ0v) is 20.5. The van der Waals surface area contributed by atoms with Gasteiger partial charge in [0, 0.05) is 23.2 Å². The average Bonchev–Trinajstić information content (AvgIpc) is 2.83. The molecule has 30 heavy (non-hydrogen) atoms. The molecule has 0 aliphatic heterocycles. The fourth-order valence-corrected chi connectivity index (χ4v) is 7.04. The third-order valence-electron chi connectivity index (χ3n) is 9.25. The summed E-state index contributed by atoms with van der Waals surface area (Å²) in [6.45, 7) is 9.67. The van der Waals surface area contributed by atoms with E-state index in [2.05, 4.69) is 62.6 Å². The van der Waals surface area contributed by atoms with Crippen molar-refractivity contribution in [2.75, 3.05) is 0 Å². The van der Waals surface area contributed by atoms with Crippen molar-refractivity contribution < 1.29 is 0 Å². The molecule has 0 spiro atoms. The van der Waals surface area contributed by atoms with Crippen LogP contribution in [0.15, 0.2) is 24.3 Å². The fourth-order valence-electron chi connectivity index (χ4n) is 7.04. The van der Waals surface area contributed by atoms with Crippen LogP contribution in [0.1, 0.15) is 118 Å². The van der Waals surface area contributed by atoms with Gasteiger partial charge in [-0.25, -0.2) is 0 Å². The molecule has 0 amide bonds. The standard InChI is InChI=1S/C28H50N2/c1-5-27(6-2,23-15-11-9-12-16-23)30-26-21-19-24(20-22-26)28(7-3,8-4)29-25-17-13-10-14-18-25/h10-11,13,15,23-26,29-30H,5-9,12,14,16-22H2,1-4H3. The summed E-state index contributed by atoms with van der Waals surface area (Å²) in [7, 11) is 0. The fraction of sp³-hybridized carbons (Fsp3) is 0.857. The maximum Gasteiger partial charge on any atom is 0.0241 e. The molecule has 3 aliphatic carbocycles. The molecule has 0 aromatic heterocycles. The first-order chi connectivity index (χ1) is 14.6. The number of hydrogen-bond acceptors (Lipinski definition) is 2. The Hall–Kier alpha value is -0.600. The summed E-state index contributed by atoms with van der Waals surface area (Å²) in [5, 5.41) is 8.44. The van der Waals surface area contributed by atoms with Crippen LogP contribution in [-0.2, 0) is 0 Å². The third-order valence-corrected chi connectivity index (χ3v) is 9.25. The molecular weight excluding hydrogens is 364 g/mol. The Kier molecular flexibility index (Phi) is 9.07. The molecule has 1 saturated carbocycles. The SMILES string of the molecule is CCC(CC)(NC1CCC(C(CC)(CC)NC2CC=CCC2)CC1)C1C=CCCC1. The molecule has 0 heterocycles. The van der Waals surface area contributed by atoms with Gasteiger partial charge in [-0.05, 0) is 102 Å². The second-order valence-electron chi connectivity index (χ2n) is 10.5. The Labute approximate surface area is 187 Å². The monoisotopic (exact) mass is 414 g/mol. The van der Waals surface area contributed by atoms with Gasteiger partial charge in [0.15, 0.2) is 0 Å². The highest BCUT2D eigenvalue weighted by Gasteiger charge is 2.41. The van der Waals surface area contributed by atoms with Gasteiger partial charge in [-0.2, -0.15) is 0 Å². The number of allylic oxidation sites excluding steroid dienone is 2. The maximum atomic E-state index is 4.25. The van der Waals surface area contributed by atoms with Gasteiger partial charge >= 0.3 is 0 Å². The first-order valence-corrected chi connectivity index (χ1v) is 13.5. The van der Waals surface area contributed by atoms with Crippen LogP contribution in [0.2, 0.25) is 0 Å². The molecule has 0 aromatic rings. The number of nitrogens with one attached hydrogen (secondary N) is 2. The molecule has 2 atom stereocenters. The van der Waals surface area contributed by atoms with E-state index in [1.165, 1.54) is 89.9 Å². The summed E-state index contributed by atoms with van der Waals surface area (Å²) in [6.07, 6.45) is 28.1. The zero-order valence-electron chi connectivity index (χ0n) is 20.5. The molecule has 3 aliphatic rings. The number of hydrogen-bond donors (Lipinski definition) is 2. The van der Waals surface area contributed by atoms with Crippen LogP contribution in [-0.4, -0.2) is 23.2 Å². The van der Waals surface area contributed by atoms with Crippen LogP contribution in [0, 0.1) is 11.8 Å². The molecule has 172 valence electrons.